The maximum Gasteiger partial charge on any atom is 0.309 e. The van der Waals surface area contributed by atoms with Crippen LogP contribution in [0.15, 0.2) is 24.3 Å². The standard InChI is InChI=1S/C14H18O2/c1-11-5-4-6-12(9-11)10-14(13(15)16)7-2-3-8-14/h4-6,9H,2-3,7-8,10H2,1H3,(H,15,16). The maximum atomic E-state index is 11.4. The van der Waals surface area contributed by atoms with Crippen LogP contribution in [-0.4, -0.2) is 11.1 Å². The van der Waals surface area contributed by atoms with Crippen LogP contribution in [0.25, 0.3) is 0 Å². The van der Waals surface area contributed by atoms with Crippen LogP contribution in [0, 0.1) is 12.3 Å². The molecule has 2 rings (SSSR count). The van der Waals surface area contributed by atoms with E-state index in [1.165, 1.54) is 5.56 Å². The van der Waals surface area contributed by atoms with Gasteiger partial charge in [0.1, 0.15) is 0 Å². The van der Waals surface area contributed by atoms with Crippen LogP contribution in [0.1, 0.15) is 36.8 Å². The zero-order chi connectivity index (χ0) is 11.6. The summed E-state index contributed by atoms with van der Waals surface area (Å²) in [6.07, 6.45) is 4.45. The maximum absolute atomic E-state index is 11.4. The van der Waals surface area contributed by atoms with E-state index >= 15 is 0 Å². The summed E-state index contributed by atoms with van der Waals surface area (Å²) in [6, 6.07) is 8.19. The molecule has 2 heteroatoms. The summed E-state index contributed by atoms with van der Waals surface area (Å²) < 4.78 is 0. The van der Waals surface area contributed by atoms with Crippen LogP contribution in [0.4, 0.5) is 0 Å². The van der Waals surface area contributed by atoms with Gasteiger partial charge < -0.3 is 5.11 Å². The van der Waals surface area contributed by atoms with Crippen LogP contribution >= 0.6 is 0 Å². The fourth-order valence-corrected chi connectivity index (χ4v) is 2.73. The second kappa shape index (κ2) is 4.28. The highest BCUT2D eigenvalue weighted by molar-refractivity contribution is 5.75. The molecule has 1 saturated carbocycles. The van der Waals surface area contributed by atoms with E-state index in [-0.39, 0.29) is 0 Å². The first kappa shape index (κ1) is 11.2. The average molecular weight is 218 g/mol. The van der Waals surface area contributed by atoms with Gasteiger partial charge >= 0.3 is 5.97 Å². The summed E-state index contributed by atoms with van der Waals surface area (Å²) in [5, 5.41) is 9.39. The predicted octanol–water partition coefficient (Wildman–Crippen LogP) is 3.18. The third kappa shape index (κ3) is 2.11. The number of aryl methyl sites for hydroxylation is 1. The van der Waals surface area contributed by atoms with Crippen molar-refractivity contribution in [2.45, 2.75) is 39.0 Å². The smallest absolute Gasteiger partial charge is 0.309 e. The highest BCUT2D eigenvalue weighted by Gasteiger charge is 2.41. The largest absolute Gasteiger partial charge is 0.481 e. The molecule has 0 heterocycles. The van der Waals surface area contributed by atoms with E-state index < -0.39 is 11.4 Å². The molecule has 0 atom stereocenters. The quantitative estimate of drug-likeness (QED) is 0.846. The molecule has 0 radical (unpaired) electrons. The molecule has 0 unspecified atom stereocenters. The highest BCUT2D eigenvalue weighted by Crippen LogP contribution is 2.41. The Hall–Kier alpha value is -1.31. The molecule has 1 N–H and O–H groups in total. The molecule has 1 aromatic carbocycles. The fourth-order valence-electron chi connectivity index (χ4n) is 2.73. The van der Waals surface area contributed by atoms with Crippen molar-refractivity contribution in [3.63, 3.8) is 0 Å². The summed E-state index contributed by atoms with van der Waals surface area (Å²) in [6.45, 7) is 2.05. The van der Waals surface area contributed by atoms with E-state index in [2.05, 4.69) is 6.07 Å². The lowest BCUT2D eigenvalue weighted by molar-refractivity contribution is -0.148. The molecule has 1 aliphatic carbocycles. The van der Waals surface area contributed by atoms with Gasteiger partial charge in [-0.2, -0.15) is 0 Å². The third-order valence-corrected chi connectivity index (χ3v) is 3.64. The molecular weight excluding hydrogens is 200 g/mol. The van der Waals surface area contributed by atoms with Crippen LogP contribution < -0.4 is 0 Å². The van der Waals surface area contributed by atoms with Gasteiger partial charge in [-0.1, -0.05) is 42.7 Å². The SMILES string of the molecule is Cc1cccc(CC2(C(=O)O)CCCC2)c1. The van der Waals surface area contributed by atoms with Crippen molar-refractivity contribution in [2.75, 3.05) is 0 Å². The highest BCUT2D eigenvalue weighted by atomic mass is 16.4. The van der Waals surface area contributed by atoms with Crippen molar-refractivity contribution in [3.8, 4) is 0 Å². The number of rotatable bonds is 3. The number of carboxylic acid groups (broad SMARTS) is 1. The zero-order valence-electron chi connectivity index (χ0n) is 9.70. The van der Waals surface area contributed by atoms with Crippen LogP contribution in [0.2, 0.25) is 0 Å². The topological polar surface area (TPSA) is 37.3 Å². The van der Waals surface area contributed by atoms with Gasteiger partial charge in [0.15, 0.2) is 0 Å². The average Bonchev–Trinajstić information content (AvgIpc) is 2.67. The Bertz CT molecular complexity index is 389. The molecule has 1 aromatic rings. The predicted molar refractivity (Wildman–Crippen MR) is 63.4 cm³/mol. The molecule has 0 aromatic heterocycles. The number of hydrogen-bond acceptors (Lipinski definition) is 1. The normalized spacial score (nSPS) is 18.6. The van der Waals surface area contributed by atoms with Crippen molar-refractivity contribution in [3.05, 3.63) is 35.4 Å². The molecule has 0 amide bonds. The van der Waals surface area contributed by atoms with Gasteiger partial charge in [-0.3, -0.25) is 4.79 Å². The van der Waals surface area contributed by atoms with E-state index in [9.17, 15) is 9.90 Å². The Morgan fingerprint density at radius 2 is 2.06 bits per heavy atom. The van der Waals surface area contributed by atoms with Gasteiger partial charge in [-0.15, -0.1) is 0 Å². The van der Waals surface area contributed by atoms with Crippen molar-refractivity contribution in [1.29, 1.82) is 0 Å². The third-order valence-electron chi connectivity index (χ3n) is 3.64. The Morgan fingerprint density at radius 3 is 2.62 bits per heavy atom. The Morgan fingerprint density at radius 1 is 1.38 bits per heavy atom. The first-order valence-electron chi connectivity index (χ1n) is 5.91. The van der Waals surface area contributed by atoms with E-state index in [0.717, 1.165) is 31.2 Å². The van der Waals surface area contributed by atoms with Crippen molar-refractivity contribution >= 4 is 5.97 Å². The van der Waals surface area contributed by atoms with Crippen molar-refractivity contribution < 1.29 is 9.90 Å². The number of aliphatic carboxylic acids is 1. The lowest BCUT2D eigenvalue weighted by Gasteiger charge is -2.23. The second-order valence-corrected chi connectivity index (χ2v) is 4.96. The zero-order valence-corrected chi connectivity index (χ0v) is 9.70. The summed E-state index contributed by atoms with van der Waals surface area (Å²) in [7, 11) is 0. The van der Waals surface area contributed by atoms with Crippen LogP contribution in [-0.2, 0) is 11.2 Å². The Labute approximate surface area is 96.3 Å². The van der Waals surface area contributed by atoms with E-state index in [1.54, 1.807) is 0 Å². The first-order valence-corrected chi connectivity index (χ1v) is 5.91. The number of carbonyl (C=O) groups is 1. The minimum Gasteiger partial charge on any atom is -0.481 e. The van der Waals surface area contributed by atoms with E-state index in [0.29, 0.717) is 6.42 Å². The van der Waals surface area contributed by atoms with Crippen molar-refractivity contribution in [2.24, 2.45) is 5.41 Å². The van der Waals surface area contributed by atoms with Gasteiger partial charge in [-0.25, -0.2) is 0 Å². The molecular formula is C14H18O2. The van der Waals surface area contributed by atoms with Gasteiger partial charge in [0.05, 0.1) is 5.41 Å². The molecule has 0 spiro atoms. The van der Waals surface area contributed by atoms with Crippen molar-refractivity contribution in [1.82, 2.24) is 0 Å². The van der Waals surface area contributed by atoms with Crippen LogP contribution in [0.3, 0.4) is 0 Å². The number of benzene rings is 1. The molecule has 2 nitrogen and oxygen atoms in total. The lowest BCUT2D eigenvalue weighted by atomic mass is 9.80. The van der Waals surface area contributed by atoms with E-state index in [1.807, 2.05) is 25.1 Å². The Balaban J connectivity index is 2.21. The lowest BCUT2D eigenvalue weighted by Crippen LogP contribution is -2.30. The molecule has 86 valence electrons. The molecule has 1 fully saturated rings. The molecule has 0 saturated heterocycles. The van der Waals surface area contributed by atoms with Gasteiger partial charge in [0, 0.05) is 0 Å². The van der Waals surface area contributed by atoms with Gasteiger partial charge in [0.25, 0.3) is 0 Å². The molecule has 16 heavy (non-hydrogen) atoms. The first-order chi connectivity index (χ1) is 7.62. The molecule has 0 aliphatic heterocycles. The van der Waals surface area contributed by atoms with Gasteiger partial charge in [0.2, 0.25) is 0 Å². The minimum atomic E-state index is -0.619. The molecule has 0 bridgehead atoms. The number of carboxylic acids is 1. The van der Waals surface area contributed by atoms with Crippen LogP contribution in [0.5, 0.6) is 0 Å². The summed E-state index contributed by atoms with van der Waals surface area (Å²) in [5.74, 6) is -0.619. The number of hydrogen-bond donors (Lipinski definition) is 1. The summed E-state index contributed by atoms with van der Waals surface area (Å²) in [5.41, 5.74) is 1.87. The minimum absolute atomic E-state index is 0.492. The Kier molecular flexibility index (Phi) is 2.99. The monoisotopic (exact) mass is 218 g/mol. The van der Waals surface area contributed by atoms with Gasteiger partial charge in [-0.05, 0) is 31.7 Å². The second-order valence-electron chi connectivity index (χ2n) is 4.96. The summed E-state index contributed by atoms with van der Waals surface area (Å²) in [4.78, 5) is 11.4. The summed E-state index contributed by atoms with van der Waals surface area (Å²) >= 11 is 0. The van der Waals surface area contributed by atoms with E-state index in [4.69, 9.17) is 0 Å². The molecule has 1 aliphatic rings. The fraction of sp³-hybridized carbons (Fsp3) is 0.500.